The van der Waals surface area contributed by atoms with Gasteiger partial charge >= 0.3 is 0 Å². The van der Waals surface area contributed by atoms with E-state index in [9.17, 15) is 4.79 Å². The standard InChI is InChI=1S/C27H32N2O3/c1-20(2)22-8-12-24(13-9-22)31-19-25-14-15-26(32-25)27(30)28-23-10-6-21(7-11-23)18-29-16-4-3-5-17-29/h6-15,20H,3-5,16-19H2,1-2H3,(H,28,30). The zero-order valence-corrected chi connectivity index (χ0v) is 19.0. The quantitative estimate of drug-likeness (QED) is 0.459. The Morgan fingerprint density at radius 3 is 2.38 bits per heavy atom. The maximum atomic E-state index is 12.6. The maximum Gasteiger partial charge on any atom is 0.291 e. The normalized spacial score (nSPS) is 14.5. The number of anilines is 1. The van der Waals surface area contributed by atoms with E-state index in [1.54, 1.807) is 12.1 Å². The van der Waals surface area contributed by atoms with E-state index in [1.165, 1.54) is 43.5 Å². The minimum absolute atomic E-state index is 0.263. The zero-order chi connectivity index (χ0) is 22.3. The summed E-state index contributed by atoms with van der Waals surface area (Å²) in [5.74, 6) is 1.89. The third kappa shape index (κ3) is 6.01. The zero-order valence-electron chi connectivity index (χ0n) is 19.0. The Labute approximate surface area is 190 Å². The van der Waals surface area contributed by atoms with Gasteiger partial charge in [-0.3, -0.25) is 9.69 Å². The van der Waals surface area contributed by atoms with Crippen molar-refractivity contribution in [2.45, 2.75) is 52.2 Å². The van der Waals surface area contributed by atoms with Crippen molar-refractivity contribution in [2.24, 2.45) is 0 Å². The van der Waals surface area contributed by atoms with Crippen molar-refractivity contribution in [3.63, 3.8) is 0 Å². The Bertz CT molecular complexity index is 1000. The summed E-state index contributed by atoms with van der Waals surface area (Å²) in [6.45, 7) is 7.92. The van der Waals surface area contributed by atoms with Crippen LogP contribution in [-0.2, 0) is 13.2 Å². The molecule has 0 bridgehead atoms. The second kappa shape index (κ2) is 10.5. The van der Waals surface area contributed by atoms with Crippen LogP contribution in [0.15, 0.2) is 65.1 Å². The first-order valence-electron chi connectivity index (χ1n) is 11.5. The average molecular weight is 433 g/mol. The molecule has 168 valence electrons. The largest absolute Gasteiger partial charge is 0.486 e. The first-order chi connectivity index (χ1) is 15.6. The van der Waals surface area contributed by atoms with Gasteiger partial charge in [0.2, 0.25) is 0 Å². The molecule has 2 aromatic carbocycles. The summed E-state index contributed by atoms with van der Waals surface area (Å²) in [5.41, 5.74) is 3.30. The lowest BCUT2D eigenvalue weighted by Crippen LogP contribution is -2.29. The molecule has 1 aromatic heterocycles. The lowest BCUT2D eigenvalue weighted by Gasteiger charge is -2.26. The topological polar surface area (TPSA) is 54.7 Å². The Morgan fingerprint density at radius 2 is 1.69 bits per heavy atom. The molecule has 1 amide bonds. The fourth-order valence-electron chi connectivity index (χ4n) is 3.94. The molecule has 1 saturated heterocycles. The highest BCUT2D eigenvalue weighted by Crippen LogP contribution is 2.21. The lowest BCUT2D eigenvalue weighted by molar-refractivity contribution is 0.0992. The van der Waals surface area contributed by atoms with Crippen LogP contribution in [0, 0.1) is 0 Å². The molecule has 0 radical (unpaired) electrons. The average Bonchev–Trinajstić information content (AvgIpc) is 3.29. The monoisotopic (exact) mass is 432 g/mol. The van der Waals surface area contributed by atoms with Crippen molar-refractivity contribution in [3.05, 3.63) is 83.3 Å². The van der Waals surface area contributed by atoms with Gasteiger partial charge < -0.3 is 14.5 Å². The number of rotatable bonds is 8. The van der Waals surface area contributed by atoms with Crippen LogP contribution in [0.4, 0.5) is 5.69 Å². The van der Waals surface area contributed by atoms with E-state index in [-0.39, 0.29) is 18.3 Å². The number of nitrogens with zero attached hydrogens (tertiary/aromatic N) is 1. The van der Waals surface area contributed by atoms with Gasteiger partial charge in [-0.25, -0.2) is 0 Å². The van der Waals surface area contributed by atoms with Crippen LogP contribution in [0.5, 0.6) is 5.75 Å². The van der Waals surface area contributed by atoms with Crippen LogP contribution in [0.3, 0.4) is 0 Å². The molecule has 0 spiro atoms. The predicted octanol–water partition coefficient (Wildman–Crippen LogP) is 6.22. The molecular weight excluding hydrogens is 400 g/mol. The fraction of sp³-hybridized carbons (Fsp3) is 0.370. The molecule has 2 heterocycles. The molecule has 5 heteroatoms. The van der Waals surface area contributed by atoms with E-state index in [2.05, 4.69) is 48.3 Å². The molecule has 1 aliphatic rings. The number of piperidine rings is 1. The van der Waals surface area contributed by atoms with Gasteiger partial charge in [0.05, 0.1) is 0 Å². The number of amides is 1. The van der Waals surface area contributed by atoms with E-state index in [0.29, 0.717) is 11.7 Å². The highest BCUT2D eigenvalue weighted by atomic mass is 16.5. The maximum absolute atomic E-state index is 12.6. The highest BCUT2D eigenvalue weighted by Gasteiger charge is 2.13. The first-order valence-corrected chi connectivity index (χ1v) is 11.5. The number of carbonyl (C=O) groups excluding carboxylic acids is 1. The fourth-order valence-corrected chi connectivity index (χ4v) is 3.94. The molecule has 1 N–H and O–H groups in total. The Kier molecular flexibility index (Phi) is 7.28. The number of hydrogen-bond acceptors (Lipinski definition) is 4. The number of benzene rings is 2. The van der Waals surface area contributed by atoms with E-state index < -0.39 is 0 Å². The lowest BCUT2D eigenvalue weighted by atomic mass is 10.0. The van der Waals surface area contributed by atoms with E-state index in [4.69, 9.17) is 9.15 Å². The van der Waals surface area contributed by atoms with Crippen molar-refractivity contribution >= 4 is 11.6 Å². The Hall–Kier alpha value is -3.05. The molecule has 1 aliphatic heterocycles. The van der Waals surface area contributed by atoms with Crippen molar-refractivity contribution in [1.29, 1.82) is 0 Å². The minimum Gasteiger partial charge on any atom is -0.486 e. The summed E-state index contributed by atoms with van der Waals surface area (Å²) in [7, 11) is 0. The van der Waals surface area contributed by atoms with Gasteiger partial charge in [-0.15, -0.1) is 0 Å². The second-order valence-corrected chi connectivity index (χ2v) is 8.77. The van der Waals surface area contributed by atoms with Crippen molar-refractivity contribution in [3.8, 4) is 5.75 Å². The van der Waals surface area contributed by atoms with Crippen molar-refractivity contribution in [2.75, 3.05) is 18.4 Å². The third-order valence-electron chi connectivity index (χ3n) is 5.88. The van der Waals surface area contributed by atoms with Gasteiger partial charge in [-0.1, -0.05) is 44.5 Å². The van der Waals surface area contributed by atoms with Crippen LogP contribution < -0.4 is 10.1 Å². The molecule has 0 aliphatic carbocycles. The molecule has 5 nitrogen and oxygen atoms in total. The van der Waals surface area contributed by atoms with Gasteiger partial charge in [0, 0.05) is 12.2 Å². The molecule has 0 atom stereocenters. The molecule has 4 rings (SSSR count). The van der Waals surface area contributed by atoms with Gasteiger partial charge in [-0.05, 0) is 79.4 Å². The summed E-state index contributed by atoms with van der Waals surface area (Å²) in [6.07, 6.45) is 3.91. The molecular formula is C27H32N2O3. The number of nitrogens with one attached hydrogen (secondary N) is 1. The van der Waals surface area contributed by atoms with Crippen LogP contribution >= 0.6 is 0 Å². The van der Waals surface area contributed by atoms with Gasteiger partial charge in [0.15, 0.2) is 5.76 Å². The van der Waals surface area contributed by atoms with Crippen LogP contribution in [0.2, 0.25) is 0 Å². The van der Waals surface area contributed by atoms with Gasteiger partial charge in [-0.2, -0.15) is 0 Å². The summed E-state index contributed by atoms with van der Waals surface area (Å²) in [5, 5.41) is 2.91. The van der Waals surface area contributed by atoms with Crippen LogP contribution in [-0.4, -0.2) is 23.9 Å². The van der Waals surface area contributed by atoms with E-state index >= 15 is 0 Å². The predicted molar refractivity (Wildman–Crippen MR) is 127 cm³/mol. The molecule has 1 fully saturated rings. The number of hydrogen-bond donors (Lipinski definition) is 1. The summed E-state index contributed by atoms with van der Waals surface area (Å²) < 4.78 is 11.5. The Balaban J connectivity index is 1.27. The summed E-state index contributed by atoms with van der Waals surface area (Å²) >= 11 is 0. The highest BCUT2D eigenvalue weighted by molar-refractivity contribution is 6.02. The molecule has 32 heavy (non-hydrogen) atoms. The smallest absolute Gasteiger partial charge is 0.291 e. The minimum atomic E-state index is -0.263. The van der Waals surface area contributed by atoms with E-state index in [0.717, 1.165) is 18.0 Å². The number of carbonyl (C=O) groups is 1. The second-order valence-electron chi connectivity index (χ2n) is 8.77. The number of ether oxygens (including phenoxy) is 1. The molecule has 0 saturated carbocycles. The number of furan rings is 1. The SMILES string of the molecule is CC(C)c1ccc(OCc2ccc(C(=O)Nc3ccc(CN4CCCCC4)cc3)o2)cc1. The van der Waals surface area contributed by atoms with Gasteiger partial charge in [0.25, 0.3) is 5.91 Å². The Morgan fingerprint density at radius 1 is 0.969 bits per heavy atom. The number of likely N-dealkylation sites (tertiary alicyclic amines) is 1. The van der Waals surface area contributed by atoms with E-state index in [1.807, 2.05) is 24.3 Å². The van der Waals surface area contributed by atoms with Crippen molar-refractivity contribution in [1.82, 2.24) is 4.90 Å². The third-order valence-corrected chi connectivity index (χ3v) is 5.88. The first kappa shape index (κ1) is 22.2. The summed E-state index contributed by atoms with van der Waals surface area (Å²) in [6, 6.07) is 19.6. The molecule has 0 unspecified atom stereocenters. The molecule has 3 aromatic rings. The van der Waals surface area contributed by atoms with Crippen LogP contribution in [0.1, 0.15) is 66.5 Å². The van der Waals surface area contributed by atoms with Gasteiger partial charge in [0.1, 0.15) is 18.1 Å². The van der Waals surface area contributed by atoms with Crippen LogP contribution in [0.25, 0.3) is 0 Å². The summed E-state index contributed by atoms with van der Waals surface area (Å²) in [4.78, 5) is 15.0. The van der Waals surface area contributed by atoms with Crippen molar-refractivity contribution < 1.29 is 13.9 Å².